The van der Waals surface area contributed by atoms with Crippen LogP contribution in [0.15, 0.2) is 0 Å². The second kappa shape index (κ2) is 6.70. The molecule has 0 radical (unpaired) electrons. The third kappa shape index (κ3) is 3.92. The Morgan fingerprint density at radius 1 is 1.20 bits per heavy atom. The normalized spacial score (nSPS) is 37.0. The summed E-state index contributed by atoms with van der Waals surface area (Å²) in [5, 5.41) is 0. The fourth-order valence-electron chi connectivity index (χ4n) is 3.24. The van der Waals surface area contributed by atoms with E-state index in [0.29, 0.717) is 19.6 Å². The SMILES string of the molecule is C[C@@H]1CN(S(=O)(=O)N[C@@H]2CCCC[C@H]2CN)C[C@H](C)O1. The van der Waals surface area contributed by atoms with Crippen LogP contribution in [0.2, 0.25) is 0 Å². The molecule has 3 N–H and O–H groups in total. The van der Waals surface area contributed by atoms with Gasteiger partial charge in [0.2, 0.25) is 0 Å². The Bertz CT molecular complexity index is 405. The van der Waals surface area contributed by atoms with E-state index in [-0.39, 0.29) is 24.2 Å². The molecule has 2 rings (SSSR count). The van der Waals surface area contributed by atoms with E-state index in [1.165, 1.54) is 4.31 Å². The molecule has 0 unspecified atom stereocenters. The molecule has 0 aromatic rings. The summed E-state index contributed by atoms with van der Waals surface area (Å²) in [4.78, 5) is 0. The number of ether oxygens (including phenoxy) is 1. The van der Waals surface area contributed by atoms with E-state index in [9.17, 15) is 8.42 Å². The lowest BCUT2D eigenvalue weighted by Gasteiger charge is -2.37. The highest BCUT2D eigenvalue weighted by atomic mass is 32.2. The van der Waals surface area contributed by atoms with Crippen LogP contribution in [0.3, 0.4) is 0 Å². The molecule has 0 amide bonds. The van der Waals surface area contributed by atoms with Crippen molar-refractivity contribution in [3.8, 4) is 0 Å². The van der Waals surface area contributed by atoms with Crippen molar-refractivity contribution in [1.29, 1.82) is 0 Å². The maximum Gasteiger partial charge on any atom is 0.279 e. The summed E-state index contributed by atoms with van der Waals surface area (Å²) in [6, 6.07) is -0.0211. The van der Waals surface area contributed by atoms with Crippen molar-refractivity contribution in [2.45, 2.75) is 57.8 Å². The monoisotopic (exact) mass is 305 g/mol. The molecule has 6 nitrogen and oxygen atoms in total. The van der Waals surface area contributed by atoms with E-state index >= 15 is 0 Å². The molecule has 20 heavy (non-hydrogen) atoms. The second-order valence-electron chi connectivity index (χ2n) is 6.08. The highest BCUT2D eigenvalue weighted by Crippen LogP contribution is 2.25. The largest absolute Gasteiger partial charge is 0.373 e. The topological polar surface area (TPSA) is 84.7 Å². The summed E-state index contributed by atoms with van der Waals surface area (Å²) < 4.78 is 35.0. The minimum Gasteiger partial charge on any atom is -0.373 e. The van der Waals surface area contributed by atoms with Crippen molar-refractivity contribution < 1.29 is 13.2 Å². The molecular formula is C13H27N3O3S. The van der Waals surface area contributed by atoms with Crippen molar-refractivity contribution in [1.82, 2.24) is 9.03 Å². The lowest BCUT2D eigenvalue weighted by atomic mass is 9.85. The smallest absolute Gasteiger partial charge is 0.279 e. The van der Waals surface area contributed by atoms with Gasteiger partial charge in [0.1, 0.15) is 0 Å². The van der Waals surface area contributed by atoms with Crippen LogP contribution in [0.4, 0.5) is 0 Å². The number of hydrogen-bond acceptors (Lipinski definition) is 4. The van der Waals surface area contributed by atoms with Crippen LogP contribution in [0, 0.1) is 5.92 Å². The lowest BCUT2D eigenvalue weighted by molar-refractivity contribution is -0.0445. The zero-order chi connectivity index (χ0) is 14.8. The first kappa shape index (κ1) is 16.2. The van der Waals surface area contributed by atoms with E-state index in [1.54, 1.807) is 0 Å². The van der Waals surface area contributed by atoms with Gasteiger partial charge in [-0.15, -0.1) is 0 Å². The quantitative estimate of drug-likeness (QED) is 0.789. The lowest BCUT2D eigenvalue weighted by Crippen LogP contribution is -2.55. The van der Waals surface area contributed by atoms with E-state index in [4.69, 9.17) is 10.5 Å². The molecule has 1 aliphatic carbocycles. The maximum atomic E-state index is 12.5. The number of hydrogen-bond donors (Lipinski definition) is 2. The Morgan fingerprint density at radius 3 is 2.40 bits per heavy atom. The number of morpholine rings is 1. The van der Waals surface area contributed by atoms with Gasteiger partial charge in [-0.05, 0) is 39.2 Å². The van der Waals surface area contributed by atoms with Gasteiger partial charge in [-0.3, -0.25) is 0 Å². The first-order chi connectivity index (χ1) is 9.42. The molecule has 1 saturated heterocycles. The summed E-state index contributed by atoms with van der Waals surface area (Å²) in [7, 11) is -3.44. The number of nitrogens with zero attached hydrogens (tertiary/aromatic N) is 1. The predicted octanol–water partition coefficient (Wildman–Crippen LogP) is 0.448. The molecule has 1 heterocycles. The molecule has 2 fully saturated rings. The number of nitrogens with two attached hydrogens (primary N) is 1. The molecule has 1 saturated carbocycles. The zero-order valence-corrected chi connectivity index (χ0v) is 13.2. The third-order valence-electron chi connectivity index (χ3n) is 4.24. The Kier molecular flexibility index (Phi) is 5.42. The van der Waals surface area contributed by atoms with Gasteiger partial charge in [0, 0.05) is 19.1 Å². The summed E-state index contributed by atoms with van der Waals surface area (Å²) in [5.74, 6) is 0.259. The molecule has 4 atom stereocenters. The molecule has 1 aliphatic heterocycles. The highest BCUT2D eigenvalue weighted by Gasteiger charge is 2.34. The minimum atomic E-state index is -3.44. The molecule has 118 valence electrons. The Morgan fingerprint density at radius 2 is 1.80 bits per heavy atom. The van der Waals surface area contributed by atoms with Crippen LogP contribution in [0.1, 0.15) is 39.5 Å². The number of rotatable bonds is 4. The third-order valence-corrected chi connectivity index (χ3v) is 5.82. The molecule has 0 aromatic carbocycles. The van der Waals surface area contributed by atoms with Gasteiger partial charge in [0.15, 0.2) is 0 Å². The first-order valence-electron chi connectivity index (χ1n) is 7.55. The van der Waals surface area contributed by atoms with Gasteiger partial charge in [0.05, 0.1) is 12.2 Å². The summed E-state index contributed by atoms with van der Waals surface area (Å²) in [6.45, 7) is 5.19. The molecule has 0 aromatic heterocycles. The first-order valence-corrected chi connectivity index (χ1v) is 8.99. The fraction of sp³-hybridized carbons (Fsp3) is 1.00. The van der Waals surface area contributed by atoms with E-state index < -0.39 is 10.2 Å². The second-order valence-corrected chi connectivity index (χ2v) is 7.79. The molecule has 2 aliphatic rings. The Balaban J connectivity index is 2.02. The molecular weight excluding hydrogens is 278 g/mol. The van der Waals surface area contributed by atoms with Gasteiger partial charge < -0.3 is 10.5 Å². The van der Waals surface area contributed by atoms with Crippen LogP contribution >= 0.6 is 0 Å². The molecule has 7 heteroatoms. The Hall–Kier alpha value is -0.210. The molecule has 0 spiro atoms. The van der Waals surface area contributed by atoms with E-state index in [2.05, 4.69) is 4.72 Å². The van der Waals surface area contributed by atoms with Gasteiger partial charge in [-0.1, -0.05) is 12.8 Å². The van der Waals surface area contributed by atoms with Crippen molar-refractivity contribution in [3.63, 3.8) is 0 Å². The van der Waals surface area contributed by atoms with Crippen LogP contribution in [0.5, 0.6) is 0 Å². The van der Waals surface area contributed by atoms with Crippen molar-refractivity contribution in [2.75, 3.05) is 19.6 Å². The number of nitrogens with one attached hydrogen (secondary N) is 1. The zero-order valence-electron chi connectivity index (χ0n) is 12.4. The fourth-order valence-corrected chi connectivity index (χ4v) is 4.89. The van der Waals surface area contributed by atoms with Crippen LogP contribution in [0.25, 0.3) is 0 Å². The van der Waals surface area contributed by atoms with Crippen molar-refractivity contribution in [3.05, 3.63) is 0 Å². The average Bonchev–Trinajstić information content (AvgIpc) is 2.38. The van der Waals surface area contributed by atoms with Crippen LogP contribution in [-0.2, 0) is 14.9 Å². The standard InChI is InChI=1S/C13H27N3O3S/c1-10-8-16(9-11(2)19-10)20(17,18)15-13-6-4-3-5-12(13)7-14/h10-13,15H,3-9,14H2,1-2H3/t10-,11+,12-,13+/m0/s1. The van der Waals surface area contributed by atoms with Gasteiger partial charge in [-0.2, -0.15) is 17.4 Å². The predicted molar refractivity (Wildman–Crippen MR) is 78.4 cm³/mol. The summed E-state index contributed by atoms with van der Waals surface area (Å²) in [6.07, 6.45) is 3.99. The summed E-state index contributed by atoms with van der Waals surface area (Å²) >= 11 is 0. The minimum absolute atomic E-state index is 0.0211. The Labute approximate surface area is 122 Å². The van der Waals surface area contributed by atoms with Crippen molar-refractivity contribution >= 4 is 10.2 Å². The van der Waals surface area contributed by atoms with Gasteiger partial charge >= 0.3 is 0 Å². The summed E-state index contributed by atoms with van der Waals surface area (Å²) in [5.41, 5.74) is 5.77. The van der Waals surface area contributed by atoms with Gasteiger partial charge in [0.25, 0.3) is 10.2 Å². The average molecular weight is 305 g/mol. The molecule has 0 bridgehead atoms. The van der Waals surface area contributed by atoms with Crippen LogP contribution in [-0.4, -0.2) is 50.6 Å². The maximum absolute atomic E-state index is 12.5. The van der Waals surface area contributed by atoms with E-state index in [0.717, 1.165) is 25.7 Å². The van der Waals surface area contributed by atoms with E-state index in [1.807, 2.05) is 13.8 Å². The van der Waals surface area contributed by atoms with Crippen molar-refractivity contribution in [2.24, 2.45) is 11.7 Å². The van der Waals surface area contributed by atoms with Gasteiger partial charge in [-0.25, -0.2) is 0 Å². The highest BCUT2D eigenvalue weighted by molar-refractivity contribution is 7.87. The van der Waals surface area contributed by atoms with Crippen LogP contribution < -0.4 is 10.5 Å².